The van der Waals surface area contributed by atoms with Gasteiger partial charge < -0.3 is 4.74 Å². The summed E-state index contributed by atoms with van der Waals surface area (Å²) in [6.45, 7) is 0. The molecule has 0 aromatic heterocycles. The molecule has 1 unspecified atom stereocenters. The molecule has 1 aliphatic rings. The summed E-state index contributed by atoms with van der Waals surface area (Å²) >= 11 is 13.0. The number of ether oxygens (including phenoxy) is 1. The van der Waals surface area contributed by atoms with Gasteiger partial charge in [-0.1, -0.05) is 49.5 Å². The van der Waals surface area contributed by atoms with Crippen molar-refractivity contribution >= 4 is 49.2 Å². The highest BCUT2D eigenvalue weighted by Gasteiger charge is 2.29. The minimum absolute atomic E-state index is 0.0662. The molecule has 0 amide bonds. The average Bonchev–Trinajstić information content (AvgIpc) is 2.39. The zero-order valence-electron chi connectivity index (χ0n) is 10.2. The third-order valence-electron chi connectivity index (χ3n) is 3.19. The topological polar surface area (TPSA) is 26.3 Å². The molecule has 0 N–H and O–H groups in total. The summed E-state index contributed by atoms with van der Waals surface area (Å²) in [4.78, 5) is 12.2. The van der Waals surface area contributed by atoms with Crippen molar-refractivity contribution in [3.63, 3.8) is 0 Å². The highest BCUT2D eigenvalue weighted by molar-refractivity contribution is 9.10. The first kappa shape index (κ1) is 14.1. The first-order chi connectivity index (χ1) is 9.54. The van der Waals surface area contributed by atoms with Gasteiger partial charge in [-0.2, -0.15) is 0 Å². The zero-order valence-corrected chi connectivity index (χ0v) is 14.1. The molecule has 0 aliphatic carbocycles. The highest BCUT2D eigenvalue weighted by Crippen LogP contribution is 2.38. The third kappa shape index (κ3) is 2.65. The maximum Gasteiger partial charge on any atom is 0.170 e. The molecule has 3 rings (SSSR count). The fraction of sp³-hybridized carbons (Fsp3) is 0.133. The Hall–Kier alpha value is -0.840. The zero-order chi connectivity index (χ0) is 14.3. The van der Waals surface area contributed by atoms with Crippen LogP contribution in [0.3, 0.4) is 0 Å². The van der Waals surface area contributed by atoms with E-state index in [2.05, 4.69) is 31.9 Å². The Labute approximate surface area is 138 Å². The summed E-state index contributed by atoms with van der Waals surface area (Å²) in [6.07, 6.45) is -0.0399. The second-order valence-corrected chi connectivity index (χ2v) is 6.78. The van der Waals surface area contributed by atoms with Gasteiger partial charge in [-0.05, 0) is 30.3 Å². The van der Waals surface area contributed by atoms with Gasteiger partial charge >= 0.3 is 0 Å². The van der Waals surface area contributed by atoms with Crippen LogP contribution in [0.5, 0.6) is 5.75 Å². The number of fused-ring (bicyclic) bond motifs is 1. The van der Waals surface area contributed by atoms with E-state index in [1.54, 1.807) is 12.1 Å². The lowest BCUT2D eigenvalue weighted by Crippen LogP contribution is -2.20. The van der Waals surface area contributed by atoms with Crippen molar-refractivity contribution in [3.05, 3.63) is 61.5 Å². The molecule has 102 valence electrons. The van der Waals surface area contributed by atoms with E-state index in [9.17, 15) is 4.79 Å². The van der Waals surface area contributed by atoms with Crippen LogP contribution in [0.25, 0.3) is 0 Å². The van der Waals surface area contributed by atoms with Gasteiger partial charge in [0.2, 0.25) is 0 Å². The molecule has 0 radical (unpaired) electrons. The molecule has 0 spiro atoms. The van der Waals surface area contributed by atoms with Crippen LogP contribution in [-0.4, -0.2) is 5.78 Å². The molecule has 0 fully saturated rings. The molecular formula is C15H9Br2ClO2. The van der Waals surface area contributed by atoms with Crippen LogP contribution in [0.4, 0.5) is 0 Å². The van der Waals surface area contributed by atoms with Gasteiger partial charge in [0, 0.05) is 19.5 Å². The van der Waals surface area contributed by atoms with Gasteiger partial charge in [0.25, 0.3) is 0 Å². The lowest BCUT2D eigenvalue weighted by molar-refractivity contribution is 0.0850. The Kier molecular flexibility index (Phi) is 3.89. The minimum Gasteiger partial charge on any atom is -0.484 e. The first-order valence-electron chi connectivity index (χ1n) is 5.99. The summed E-state index contributed by atoms with van der Waals surface area (Å²) in [7, 11) is 0. The molecule has 1 atom stereocenters. The van der Waals surface area contributed by atoms with Gasteiger partial charge in [0.05, 0.1) is 12.0 Å². The van der Waals surface area contributed by atoms with Crippen molar-refractivity contribution in [2.45, 2.75) is 12.5 Å². The van der Waals surface area contributed by atoms with Crippen LogP contribution in [0.15, 0.2) is 45.3 Å². The predicted molar refractivity (Wildman–Crippen MR) is 85.6 cm³/mol. The van der Waals surface area contributed by atoms with E-state index in [1.807, 2.05) is 24.3 Å². The Morgan fingerprint density at radius 2 is 1.80 bits per heavy atom. The van der Waals surface area contributed by atoms with E-state index in [1.165, 1.54) is 0 Å². The summed E-state index contributed by atoms with van der Waals surface area (Å²) in [5, 5.41) is 0.595. The standard InChI is InChI=1S/C15H9Br2ClO2/c16-8-2-4-14-11(5-8)13(19)7-15(20-14)10-3-1-9(17)6-12(10)18/h1-6,15H,7H2. The third-order valence-corrected chi connectivity index (χ3v) is 4.51. The van der Waals surface area contributed by atoms with Crippen LogP contribution in [-0.2, 0) is 0 Å². The molecule has 0 saturated heterocycles. The summed E-state index contributed by atoms with van der Waals surface area (Å²) in [6, 6.07) is 11.0. The van der Waals surface area contributed by atoms with Crippen LogP contribution in [0.1, 0.15) is 28.4 Å². The lowest BCUT2D eigenvalue weighted by Gasteiger charge is -2.26. The summed E-state index contributed by atoms with van der Waals surface area (Å²) in [5.41, 5.74) is 1.45. The largest absolute Gasteiger partial charge is 0.484 e. The molecule has 0 bridgehead atoms. The van der Waals surface area contributed by atoms with Gasteiger partial charge in [-0.25, -0.2) is 0 Å². The average molecular weight is 416 g/mol. The monoisotopic (exact) mass is 414 g/mol. The van der Waals surface area contributed by atoms with Crippen molar-refractivity contribution in [1.82, 2.24) is 0 Å². The van der Waals surface area contributed by atoms with Crippen molar-refractivity contribution in [2.24, 2.45) is 0 Å². The lowest BCUT2D eigenvalue weighted by atomic mass is 9.96. The Morgan fingerprint density at radius 1 is 1.10 bits per heavy atom. The summed E-state index contributed by atoms with van der Waals surface area (Å²) in [5.74, 6) is 0.671. The number of rotatable bonds is 1. The van der Waals surface area contributed by atoms with Crippen LogP contribution >= 0.6 is 43.5 Å². The molecule has 2 aromatic rings. The number of halogens is 3. The van der Waals surface area contributed by atoms with E-state index < -0.39 is 0 Å². The van der Waals surface area contributed by atoms with E-state index in [0.717, 1.165) is 14.5 Å². The van der Waals surface area contributed by atoms with Gasteiger partial charge in [0.15, 0.2) is 5.78 Å². The molecule has 2 aromatic carbocycles. The quantitative estimate of drug-likeness (QED) is 0.607. The second-order valence-electron chi connectivity index (χ2n) is 4.54. The number of hydrogen-bond donors (Lipinski definition) is 0. The van der Waals surface area contributed by atoms with Crippen molar-refractivity contribution in [3.8, 4) is 5.75 Å². The highest BCUT2D eigenvalue weighted by atomic mass is 79.9. The number of carbonyl (C=O) groups excluding carboxylic acids is 1. The van der Waals surface area contributed by atoms with Crippen LogP contribution < -0.4 is 4.74 Å². The van der Waals surface area contributed by atoms with Crippen LogP contribution in [0, 0.1) is 0 Å². The maximum absolute atomic E-state index is 12.2. The van der Waals surface area contributed by atoms with Gasteiger partial charge in [-0.3, -0.25) is 4.79 Å². The number of hydrogen-bond acceptors (Lipinski definition) is 2. The molecule has 1 heterocycles. The normalized spacial score (nSPS) is 17.6. The molecular weight excluding hydrogens is 407 g/mol. The number of ketones is 1. The van der Waals surface area contributed by atoms with Crippen molar-refractivity contribution in [2.75, 3.05) is 0 Å². The number of carbonyl (C=O) groups is 1. The minimum atomic E-state index is -0.336. The molecule has 0 saturated carbocycles. The molecule has 5 heteroatoms. The van der Waals surface area contributed by atoms with Crippen molar-refractivity contribution < 1.29 is 9.53 Å². The van der Waals surface area contributed by atoms with E-state index in [-0.39, 0.29) is 11.9 Å². The Balaban J connectivity index is 1.99. The van der Waals surface area contributed by atoms with E-state index in [4.69, 9.17) is 16.3 Å². The second kappa shape index (κ2) is 5.51. The van der Waals surface area contributed by atoms with Crippen molar-refractivity contribution in [1.29, 1.82) is 0 Å². The SMILES string of the molecule is O=C1CC(c2ccc(Br)cc2Cl)Oc2ccc(Br)cc21. The Bertz CT molecular complexity index is 700. The summed E-state index contributed by atoms with van der Waals surface area (Å²) < 4.78 is 7.69. The Morgan fingerprint density at radius 3 is 2.55 bits per heavy atom. The molecule has 1 aliphatic heterocycles. The molecule has 20 heavy (non-hydrogen) atoms. The van der Waals surface area contributed by atoms with Gasteiger partial charge in [-0.15, -0.1) is 0 Å². The first-order valence-corrected chi connectivity index (χ1v) is 7.95. The fourth-order valence-corrected chi connectivity index (χ4v) is 3.39. The molecule has 2 nitrogen and oxygen atoms in total. The van der Waals surface area contributed by atoms with Gasteiger partial charge in [0.1, 0.15) is 11.9 Å². The fourth-order valence-electron chi connectivity index (χ4n) is 2.23. The number of Topliss-reactive ketones (excluding diaryl/α,β-unsaturated/α-hetero) is 1. The van der Waals surface area contributed by atoms with E-state index in [0.29, 0.717) is 22.8 Å². The van der Waals surface area contributed by atoms with Crippen LogP contribution in [0.2, 0.25) is 5.02 Å². The smallest absolute Gasteiger partial charge is 0.170 e. The van der Waals surface area contributed by atoms with E-state index >= 15 is 0 Å². The predicted octanol–water partition coefficient (Wildman–Crippen LogP) is 5.57. The number of benzene rings is 2. The maximum atomic E-state index is 12.2.